The average Bonchev–Trinajstić information content (AvgIpc) is 2.75. The zero-order chi connectivity index (χ0) is 21.4. The Kier molecular flexibility index (Phi) is 6.80. The normalized spacial score (nSPS) is 19.4. The first-order chi connectivity index (χ1) is 14.5. The molecule has 152 valence electrons. The van der Waals surface area contributed by atoms with Crippen LogP contribution in [0.25, 0.3) is 0 Å². The summed E-state index contributed by atoms with van der Waals surface area (Å²) in [5.41, 5.74) is 3.54. The lowest BCUT2D eigenvalue weighted by molar-refractivity contribution is 0.469. The van der Waals surface area contributed by atoms with Gasteiger partial charge in [0, 0.05) is 12.0 Å². The van der Waals surface area contributed by atoms with Gasteiger partial charge in [0.2, 0.25) is 0 Å². The van der Waals surface area contributed by atoms with Gasteiger partial charge >= 0.3 is 0 Å². The lowest BCUT2D eigenvalue weighted by Crippen LogP contribution is -2.21. The van der Waals surface area contributed by atoms with Gasteiger partial charge in [-0.3, -0.25) is 0 Å². The van der Waals surface area contributed by atoms with E-state index in [0.29, 0.717) is 18.4 Å². The van der Waals surface area contributed by atoms with E-state index in [2.05, 4.69) is 32.2 Å². The minimum absolute atomic E-state index is 0.183. The lowest BCUT2D eigenvalue weighted by Gasteiger charge is -2.23. The van der Waals surface area contributed by atoms with Crippen molar-refractivity contribution in [3.8, 4) is 5.75 Å². The number of hydrogen-bond donors (Lipinski definition) is 1. The van der Waals surface area contributed by atoms with Gasteiger partial charge in [0.05, 0.1) is 17.6 Å². The molecule has 0 saturated heterocycles. The highest BCUT2D eigenvalue weighted by molar-refractivity contribution is 5.83. The molecule has 6 heteroatoms. The van der Waals surface area contributed by atoms with Gasteiger partial charge in [0.25, 0.3) is 0 Å². The summed E-state index contributed by atoms with van der Waals surface area (Å²) in [4.78, 5) is 0. The van der Waals surface area contributed by atoms with Crippen molar-refractivity contribution in [3.05, 3.63) is 95.7 Å². The Labute approximate surface area is 176 Å². The summed E-state index contributed by atoms with van der Waals surface area (Å²) >= 11 is 0. The molecule has 1 unspecified atom stereocenters. The molecule has 1 atom stereocenters. The monoisotopic (exact) mass is 399 g/mol. The van der Waals surface area contributed by atoms with Gasteiger partial charge < -0.3 is 5.11 Å². The van der Waals surface area contributed by atoms with Crippen LogP contribution in [-0.2, 0) is 6.42 Å². The molecular weight excluding hydrogens is 374 g/mol. The highest BCUT2D eigenvalue weighted by Crippen LogP contribution is 2.32. The third-order valence-electron chi connectivity index (χ3n) is 4.75. The van der Waals surface area contributed by atoms with Gasteiger partial charge in [0.15, 0.2) is 0 Å². The van der Waals surface area contributed by atoms with Crippen LogP contribution in [0.15, 0.2) is 110 Å². The number of rotatable bonds is 7. The van der Waals surface area contributed by atoms with Gasteiger partial charge in [-0.15, -0.1) is 11.7 Å². The van der Waals surface area contributed by atoms with Gasteiger partial charge in [-0.25, -0.2) is 0 Å². The largest absolute Gasteiger partial charge is 0.507 e. The van der Waals surface area contributed by atoms with E-state index in [1.54, 1.807) is 12.1 Å². The first kappa shape index (κ1) is 21.0. The molecule has 0 aliphatic heterocycles. The summed E-state index contributed by atoms with van der Waals surface area (Å²) in [7, 11) is 0. The minimum Gasteiger partial charge on any atom is -0.507 e. The maximum atomic E-state index is 10.3. The number of phenols is 1. The molecule has 2 aromatic rings. The average molecular weight is 399 g/mol. The minimum atomic E-state index is -0.561. The molecule has 0 amide bonds. The number of para-hydroxylation sites is 1. The quantitative estimate of drug-likeness (QED) is 0.239. The van der Waals surface area contributed by atoms with Crippen LogP contribution in [0.5, 0.6) is 5.75 Å². The molecule has 0 aromatic heterocycles. The van der Waals surface area contributed by atoms with E-state index in [0.717, 1.165) is 22.5 Å². The van der Waals surface area contributed by atoms with Crippen molar-refractivity contribution < 1.29 is 5.11 Å². The number of allylic oxidation sites excluding steroid dienone is 3. The SMILES string of the molecule is C=CCc1cccc(/C=N/N=NC2(C)C=CC(C)=C(N=Nc3ccccc3)C2)c1O. The zero-order valence-corrected chi connectivity index (χ0v) is 17.2. The number of aromatic hydroxyl groups is 1. The van der Waals surface area contributed by atoms with Crippen LogP contribution >= 0.6 is 0 Å². The number of phenolic OH excluding ortho intramolecular Hbond substituents is 1. The molecule has 6 nitrogen and oxygen atoms in total. The second-order valence-electron chi connectivity index (χ2n) is 7.31. The van der Waals surface area contributed by atoms with Gasteiger partial charge in [-0.2, -0.15) is 15.3 Å². The highest BCUT2D eigenvalue weighted by Gasteiger charge is 2.26. The summed E-state index contributed by atoms with van der Waals surface area (Å²) in [6.45, 7) is 7.67. The van der Waals surface area contributed by atoms with Crippen LogP contribution in [0.4, 0.5) is 5.69 Å². The first-order valence-electron chi connectivity index (χ1n) is 9.73. The topological polar surface area (TPSA) is 82.0 Å². The molecule has 0 spiro atoms. The summed E-state index contributed by atoms with van der Waals surface area (Å²) in [5, 5.41) is 31.4. The zero-order valence-electron chi connectivity index (χ0n) is 17.2. The van der Waals surface area contributed by atoms with Crippen molar-refractivity contribution in [3.63, 3.8) is 0 Å². The number of nitrogens with zero attached hydrogens (tertiary/aromatic N) is 5. The van der Waals surface area contributed by atoms with E-state index in [9.17, 15) is 5.11 Å². The fourth-order valence-corrected chi connectivity index (χ4v) is 2.99. The maximum absolute atomic E-state index is 10.3. The summed E-state index contributed by atoms with van der Waals surface area (Å²) in [5.74, 6) is 0.183. The van der Waals surface area contributed by atoms with Crippen LogP contribution in [0.1, 0.15) is 31.4 Å². The lowest BCUT2D eigenvalue weighted by atomic mass is 9.89. The van der Waals surface area contributed by atoms with Crippen LogP contribution in [0, 0.1) is 0 Å². The van der Waals surface area contributed by atoms with Crippen molar-refractivity contribution in [2.24, 2.45) is 25.7 Å². The van der Waals surface area contributed by atoms with Gasteiger partial charge in [-0.1, -0.05) is 48.6 Å². The Hall–Kier alpha value is -3.67. The van der Waals surface area contributed by atoms with Crippen molar-refractivity contribution in [2.45, 2.75) is 32.2 Å². The highest BCUT2D eigenvalue weighted by atomic mass is 16.3. The van der Waals surface area contributed by atoms with Crippen molar-refractivity contribution >= 4 is 11.9 Å². The van der Waals surface area contributed by atoms with Crippen molar-refractivity contribution in [2.75, 3.05) is 0 Å². The summed E-state index contributed by atoms with van der Waals surface area (Å²) in [6, 6.07) is 15.1. The second-order valence-corrected chi connectivity index (χ2v) is 7.31. The van der Waals surface area contributed by atoms with E-state index in [-0.39, 0.29) is 5.75 Å². The molecule has 1 N–H and O–H groups in total. The number of azo groups is 1. The molecule has 1 aliphatic carbocycles. The Morgan fingerprint density at radius 3 is 2.67 bits per heavy atom. The Bertz CT molecular complexity index is 1050. The molecule has 30 heavy (non-hydrogen) atoms. The first-order valence-corrected chi connectivity index (χ1v) is 9.73. The molecule has 0 bridgehead atoms. The summed E-state index contributed by atoms with van der Waals surface area (Å²) in [6.07, 6.45) is 8.38. The maximum Gasteiger partial charge on any atom is 0.127 e. The van der Waals surface area contributed by atoms with Crippen LogP contribution in [0.2, 0.25) is 0 Å². The predicted octanol–water partition coefficient (Wildman–Crippen LogP) is 6.68. The third kappa shape index (κ3) is 5.44. The van der Waals surface area contributed by atoms with Crippen LogP contribution < -0.4 is 0 Å². The fraction of sp³-hybridized carbons (Fsp3) is 0.208. The van der Waals surface area contributed by atoms with Crippen LogP contribution in [-0.4, -0.2) is 16.9 Å². The summed E-state index contributed by atoms with van der Waals surface area (Å²) < 4.78 is 0. The molecular formula is C24H25N5O. The smallest absolute Gasteiger partial charge is 0.127 e. The fourth-order valence-electron chi connectivity index (χ4n) is 2.99. The standard InChI is InChI=1S/C24H25N5O/c1-4-9-19-10-8-11-20(23(19)30)17-25-29-28-24(3)15-14-18(2)22(16-24)27-26-21-12-6-5-7-13-21/h4-8,10-15,17,30H,1,9,16H2,2-3H3/b25-17+,27-26?,29-28?. The molecule has 0 radical (unpaired) electrons. The van der Waals surface area contributed by atoms with E-state index in [4.69, 9.17) is 0 Å². The molecule has 0 saturated carbocycles. The number of benzene rings is 2. The molecule has 0 fully saturated rings. The molecule has 2 aromatic carbocycles. The second kappa shape index (κ2) is 9.69. The van der Waals surface area contributed by atoms with E-state index >= 15 is 0 Å². The molecule has 0 heterocycles. The van der Waals surface area contributed by atoms with E-state index < -0.39 is 5.54 Å². The van der Waals surface area contributed by atoms with E-state index in [1.807, 2.05) is 68.5 Å². The van der Waals surface area contributed by atoms with E-state index in [1.165, 1.54) is 6.21 Å². The molecule has 1 aliphatic rings. The van der Waals surface area contributed by atoms with Crippen molar-refractivity contribution in [1.82, 2.24) is 0 Å². The third-order valence-corrected chi connectivity index (χ3v) is 4.75. The van der Waals surface area contributed by atoms with Crippen LogP contribution in [0.3, 0.4) is 0 Å². The van der Waals surface area contributed by atoms with Gasteiger partial charge in [0.1, 0.15) is 11.3 Å². The Morgan fingerprint density at radius 1 is 1.10 bits per heavy atom. The number of hydrogen-bond acceptors (Lipinski definition) is 5. The molecule has 3 rings (SSSR count). The Morgan fingerprint density at radius 2 is 1.90 bits per heavy atom. The Balaban J connectivity index is 1.69. The predicted molar refractivity (Wildman–Crippen MR) is 120 cm³/mol. The van der Waals surface area contributed by atoms with Crippen molar-refractivity contribution in [1.29, 1.82) is 0 Å². The van der Waals surface area contributed by atoms with Gasteiger partial charge in [-0.05, 0) is 54.8 Å².